The van der Waals surface area contributed by atoms with Crippen LogP contribution in [0.5, 0.6) is 0 Å². The topological polar surface area (TPSA) is 59.2 Å². The summed E-state index contributed by atoms with van der Waals surface area (Å²) < 4.78 is 0. The van der Waals surface area contributed by atoms with Gasteiger partial charge in [0.15, 0.2) is 0 Å². The van der Waals surface area contributed by atoms with E-state index in [1.54, 1.807) is 17.3 Å². The Bertz CT molecular complexity index is 373. The number of carbonyl (C=O) groups excluding carboxylic acids is 1. The van der Waals surface area contributed by atoms with Gasteiger partial charge in [0.2, 0.25) is 5.91 Å². The normalized spacial score (nSPS) is 16.9. The van der Waals surface area contributed by atoms with E-state index in [1.807, 2.05) is 19.2 Å². The maximum Gasteiger partial charge on any atom is 0.230 e. The van der Waals surface area contributed by atoms with Gasteiger partial charge in [-0.15, -0.1) is 0 Å². The van der Waals surface area contributed by atoms with Crippen molar-refractivity contribution in [3.8, 4) is 0 Å². The van der Waals surface area contributed by atoms with Crippen molar-refractivity contribution in [2.45, 2.75) is 19.4 Å². The molecule has 1 aliphatic rings. The molecule has 0 spiro atoms. The molecule has 1 aromatic heterocycles. The highest BCUT2D eigenvalue weighted by atomic mass is 16.2. The molecule has 16 heavy (non-hydrogen) atoms. The van der Waals surface area contributed by atoms with Gasteiger partial charge in [0.05, 0.1) is 5.41 Å². The molecule has 1 saturated carbocycles. The first-order valence-electron chi connectivity index (χ1n) is 5.52. The van der Waals surface area contributed by atoms with Crippen molar-refractivity contribution in [3.05, 3.63) is 30.1 Å². The molecule has 0 radical (unpaired) electrons. The van der Waals surface area contributed by atoms with E-state index in [2.05, 4.69) is 4.98 Å². The van der Waals surface area contributed by atoms with Gasteiger partial charge in [-0.05, 0) is 30.5 Å². The molecule has 1 fully saturated rings. The van der Waals surface area contributed by atoms with Crippen molar-refractivity contribution < 1.29 is 4.79 Å². The molecule has 0 bridgehead atoms. The lowest BCUT2D eigenvalue weighted by Gasteiger charge is -2.22. The number of nitrogens with zero attached hydrogens (tertiary/aromatic N) is 2. The Morgan fingerprint density at radius 3 is 2.62 bits per heavy atom. The minimum absolute atomic E-state index is 0.173. The third-order valence-electron chi connectivity index (χ3n) is 3.21. The van der Waals surface area contributed by atoms with E-state index in [0.29, 0.717) is 13.1 Å². The quantitative estimate of drug-likeness (QED) is 0.814. The number of pyridine rings is 1. The van der Waals surface area contributed by atoms with Crippen molar-refractivity contribution in [2.75, 3.05) is 13.6 Å². The Morgan fingerprint density at radius 1 is 1.50 bits per heavy atom. The third kappa shape index (κ3) is 2.07. The van der Waals surface area contributed by atoms with E-state index in [-0.39, 0.29) is 11.3 Å². The minimum atomic E-state index is -0.248. The summed E-state index contributed by atoms with van der Waals surface area (Å²) in [6, 6.07) is 3.84. The molecule has 86 valence electrons. The average molecular weight is 219 g/mol. The van der Waals surface area contributed by atoms with Crippen LogP contribution < -0.4 is 5.73 Å². The molecule has 1 amide bonds. The summed E-state index contributed by atoms with van der Waals surface area (Å²) in [5.41, 5.74) is 6.49. The molecule has 0 aromatic carbocycles. The maximum absolute atomic E-state index is 12.1. The second-order valence-corrected chi connectivity index (χ2v) is 4.50. The summed E-state index contributed by atoms with van der Waals surface area (Å²) in [6.45, 7) is 1.09. The number of rotatable bonds is 4. The predicted octanol–water partition coefficient (Wildman–Crippen LogP) is 0.779. The maximum atomic E-state index is 12.1. The second kappa shape index (κ2) is 4.22. The van der Waals surface area contributed by atoms with Crippen molar-refractivity contribution in [3.63, 3.8) is 0 Å². The SMILES string of the molecule is CN(Cc1ccncc1)C(=O)C1(CN)CC1. The average Bonchev–Trinajstić information content (AvgIpc) is 3.10. The van der Waals surface area contributed by atoms with Crippen LogP contribution in [0.1, 0.15) is 18.4 Å². The Labute approximate surface area is 95.5 Å². The van der Waals surface area contributed by atoms with E-state index >= 15 is 0 Å². The largest absolute Gasteiger partial charge is 0.341 e. The molecule has 2 rings (SSSR count). The first-order chi connectivity index (χ1) is 7.68. The summed E-state index contributed by atoms with van der Waals surface area (Å²) >= 11 is 0. The van der Waals surface area contributed by atoms with Crippen molar-refractivity contribution in [1.29, 1.82) is 0 Å². The highest BCUT2D eigenvalue weighted by Gasteiger charge is 2.49. The van der Waals surface area contributed by atoms with Crippen molar-refractivity contribution >= 4 is 5.91 Å². The van der Waals surface area contributed by atoms with Gasteiger partial charge >= 0.3 is 0 Å². The lowest BCUT2D eigenvalue weighted by molar-refractivity contribution is -0.135. The summed E-state index contributed by atoms with van der Waals surface area (Å²) in [7, 11) is 1.83. The summed E-state index contributed by atoms with van der Waals surface area (Å²) in [6.07, 6.45) is 5.35. The highest BCUT2D eigenvalue weighted by Crippen LogP contribution is 2.46. The Hall–Kier alpha value is -1.42. The monoisotopic (exact) mass is 219 g/mol. The summed E-state index contributed by atoms with van der Waals surface area (Å²) in [5, 5.41) is 0. The zero-order valence-electron chi connectivity index (χ0n) is 9.52. The number of aromatic nitrogens is 1. The van der Waals surface area contributed by atoms with Crippen LogP contribution in [0, 0.1) is 5.41 Å². The van der Waals surface area contributed by atoms with Crippen LogP contribution in [0.25, 0.3) is 0 Å². The Kier molecular flexibility index (Phi) is 2.92. The van der Waals surface area contributed by atoms with Gasteiger partial charge < -0.3 is 10.6 Å². The molecule has 0 aliphatic heterocycles. The minimum Gasteiger partial charge on any atom is -0.341 e. The lowest BCUT2D eigenvalue weighted by Crippen LogP contribution is -2.37. The zero-order chi connectivity index (χ0) is 11.6. The molecule has 4 heteroatoms. The molecule has 0 atom stereocenters. The van der Waals surface area contributed by atoms with Gasteiger partial charge in [0, 0.05) is 32.5 Å². The van der Waals surface area contributed by atoms with E-state index in [0.717, 1.165) is 18.4 Å². The smallest absolute Gasteiger partial charge is 0.230 e. The molecule has 2 N–H and O–H groups in total. The van der Waals surface area contributed by atoms with E-state index in [1.165, 1.54) is 0 Å². The second-order valence-electron chi connectivity index (χ2n) is 4.50. The zero-order valence-corrected chi connectivity index (χ0v) is 9.52. The van der Waals surface area contributed by atoms with Crippen LogP contribution >= 0.6 is 0 Å². The van der Waals surface area contributed by atoms with Gasteiger partial charge in [-0.1, -0.05) is 0 Å². The standard InChI is InChI=1S/C12H17N3O/c1-15(8-10-2-6-14-7-3-10)11(16)12(9-13)4-5-12/h2-3,6-7H,4-5,8-9,13H2,1H3. The number of amides is 1. The summed E-state index contributed by atoms with van der Waals surface area (Å²) in [5.74, 6) is 0.173. The molecule has 4 nitrogen and oxygen atoms in total. The van der Waals surface area contributed by atoms with E-state index < -0.39 is 0 Å². The number of carbonyl (C=O) groups is 1. The molecule has 0 unspecified atom stereocenters. The van der Waals surface area contributed by atoms with Crippen LogP contribution in [0.4, 0.5) is 0 Å². The molecular formula is C12H17N3O. The fourth-order valence-corrected chi connectivity index (χ4v) is 1.89. The van der Waals surface area contributed by atoms with Crippen LogP contribution in [0.2, 0.25) is 0 Å². The molecule has 1 aromatic rings. The fraction of sp³-hybridized carbons (Fsp3) is 0.500. The molecule has 0 saturated heterocycles. The number of hydrogen-bond donors (Lipinski definition) is 1. The summed E-state index contributed by atoms with van der Waals surface area (Å²) in [4.78, 5) is 17.8. The van der Waals surface area contributed by atoms with E-state index in [4.69, 9.17) is 5.73 Å². The first-order valence-corrected chi connectivity index (χ1v) is 5.52. The van der Waals surface area contributed by atoms with Gasteiger partial charge in [-0.2, -0.15) is 0 Å². The molecule has 1 aliphatic carbocycles. The fourth-order valence-electron chi connectivity index (χ4n) is 1.89. The first kappa shape index (κ1) is 11.1. The predicted molar refractivity (Wildman–Crippen MR) is 61.4 cm³/mol. The van der Waals surface area contributed by atoms with Crippen molar-refractivity contribution in [2.24, 2.45) is 11.1 Å². The number of nitrogens with two attached hydrogens (primary N) is 1. The Morgan fingerprint density at radius 2 is 2.12 bits per heavy atom. The highest BCUT2D eigenvalue weighted by molar-refractivity contribution is 5.85. The Balaban J connectivity index is 1.99. The van der Waals surface area contributed by atoms with Gasteiger partial charge in [-0.25, -0.2) is 0 Å². The van der Waals surface area contributed by atoms with Crippen LogP contribution in [0.15, 0.2) is 24.5 Å². The lowest BCUT2D eigenvalue weighted by atomic mass is 10.1. The van der Waals surface area contributed by atoms with Crippen LogP contribution in [-0.4, -0.2) is 29.4 Å². The van der Waals surface area contributed by atoms with E-state index in [9.17, 15) is 4.79 Å². The van der Waals surface area contributed by atoms with Crippen LogP contribution in [-0.2, 0) is 11.3 Å². The third-order valence-corrected chi connectivity index (χ3v) is 3.21. The van der Waals surface area contributed by atoms with Gasteiger partial charge in [0.25, 0.3) is 0 Å². The number of hydrogen-bond acceptors (Lipinski definition) is 3. The molecule has 1 heterocycles. The van der Waals surface area contributed by atoms with Crippen LogP contribution in [0.3, 0.4) is 0 Å². The molecular weight excluding hydrogens is 202 g/mol. The van der Waals surface area contributed by atoms with Crippen molar-refractivity contribution in [1.82, 2.24) is 9.88 Å². The van der Waals surface area contributed by atoms with Gasteiger partial charge in [0.1, 0.15) is 0 Å². The van der Waals surface area contributed by atoms with Gasteiger partial charge in [-0.3, -0.25) is 9.78 Å².